The number of rotatable bonds is 11. The second kappa shape index (κ2) is 13.5. The van der Waals surface area contributed by atoms with Crippen molar-refractivity contribution in [3.8, 4) is 0 Å². The normalized spacial score (nSPS) is 11.6. The van der Waals surface area contributed by atoms with E-state index in [9.17, 15) is 8.78 Å². The van der Waals surface area contributed by atoms with E-state index in [0.717, 1.165) is 11.0 Å². The molecule has 3 N–H and O–H groups in total. The largest absolute Gasteiger partial charge is 0.370 e. The van der Waals surface area contributed by atoms with Gasteiger partial charge in [0, 0.05) is 31.9 Å². The average Bonchev–Trinajstić information content (AvgIpc) is 2.95. The van der Waals surface area contributed by atoms with Crippen molar-refractivity contribution in [2.45, 2.75) is 58.4 Å². The van der Waals surface area contributed by atoms with Crippen LogP contribution in [0.4, 0.5) is 8.78 Å². The number of unbranched alkanes of at least 4 members (excludes halogenated alkanes) is 5. The van der Waals surface area contributed by atoms with Gasteiger partial charge in [-0.15, -0.1) is 24.0 Å². The first-order valence-corrected chi connectivity index (χ1v) is 7.98. The standard InChI is InChI=1S/C15H27F2N5.HI/c1-2-3-4-5-6-7-9-20-15(18)21-10-8-13-19-11-12-22(13)14(16)17;/h11-12,14H,2-10H2,1H3,(H3,18,20,21);1H. The SMILES string of the molecule is CCCCCCCCN=C(N)NCCc1nccn1C(F)F.I. The van der Waals surface area contributed by atoms with Crippen molar-refractivity contribution >= 4 is 29.9 Å². The molecular formula is C15H28F2IN5. The fourth-order valence-corrected chi connectivity index (χ4v) is 2.17. The molecule has 0 fully saturated rings. The summed E-state index contributed by atoms with van der Waals surface area (Å²) in [6, 6.07) is 0. The Morgan fingerprint density at radius 1 is 1.30 bits per heavy atom. The van der Waals surface area contributed by atoms with Gasteiger partial charge in [0.1, 0.15) is 5.82 Å². The summed E-state index contributed by atoms with van der Waals surface area (Å²) in [7, 11) is 0. The third kappa shape index (κ3) is 9.72. The Kier molecular flexibility index (Phi) is 13.0. The van der Waals surface area contributed by atoms with Gasteiger partial charge in [0.15, 0.2) is 5.96 Å². The predicted molar refractivity (Wildman–Crippen MR) is 100 cm³/mol. The molecule has 0 spiro atoms. The van der Waals surface area contributed by atoms with Crippen LogP contribution in [0.5, 0.6) is 0 Å². The van der Waals surface area contributed by atoms with Crippen LogP contribution in [0.3, 0.4) is 0 Å². The van der Waals surface area contributed by atoms with Gasteiger partial charge in [-0.2, -0.15) is 8.78 Å². The molecule has 0 bridgehead atoms. The zero-order chi connectivity index (χ0) is 16.2. The molecule has 1 aromatic heterocycles. The number of alkyl halides is 2. The highest BCUT2D eigenvalue weighted by molar-refractivity contribution is 14.0. The van der Waals surface area contributed by atoms with Crippen molar-refractivity contribution in [2.24, 2.45) is 10.7 Å². The van der Waals surface area contributed by atoms with Gasteiger partial charge in [-0.3, -0.25) is 9.56 Å². The van der Waals surface area contributed by atoms with Gasteiger partial charge in [-0.05, 0) is 6.42 Å². The van der Waals surface area contributed by atoms with E-state index in [1.807, 2.05) is 0 Å². The predicted octanol–water partition coefficient (Wildman–Crippen LogP) is 3.70. The highest BCUT2D eigenvalue weighted by Gasteiger charge is 2.10. The Morgan fingerprint density at radius 3 is 2.70 bits per heavy atom. The number of imidazole rings is 1. The number of aliphatic imine (C=N–C) groups is 1. The lowest BCUT2D eigenvalue weighted by Gasteiger charge is -2.08. The lowest BCUT2D eigenvalue weighted by atomic mass is 10.1. The van der Waals surface area contributed by atoms with Gasteiger partial charge >= 0.3 is 6.55 Å². The summed E-state index contributed by atoms with van der Waals surface area (Å²) in [5.41, 5.74) is 5.74. The van der Waals surface area contributed by atoms with E-state index in [2.05, 4.69) is 22.2 Å². The monoisotopic (exact) mass is 443 g/mol. The molecule has 0 amide bonds. The van der Waals surface area contributed by atoms with Crippen LogP contribution < -0.4 is 11.1 Å². The average molecular weight is 443 g/mol. The van der Waals surface area contributed by atoms with Gasteiger partial charge in [0.05, 0.1) is 0 Å². The number of nitrogens with two attached hydrogens (primary N) is 1. The molecule has 0 aromatic carbocycles. The van der Waals surface area contributed by atoms with Crippen LogP contribution in [-0.4, -0.2) is 28.6 Å². The molecule has 1 aromatic rings. The molecule has 0 radical (unpaired) electrons. The van der Waals surface area contributed by atoms with Crippen molar-refractivity contribution in [3.63, 3.8) is 0 Å². The molecule has 134 valence electrons. The number of nitrogens with zero attached hydrogens (tertiary/aromatic N) is 3. The molecule has 8 heteroatoms. The van der Waals surface area contributed by atoms with Crippen molar-refractivity contribution in [1.82, 2.24) is 14.9 Å². The van der Waals surface area contributed by atoms with Crippen LogP contribution in [0.25, 0.3) is 0 Å². The van der Waals surface area contributed by atoms with E-state index in [1.165, 1.54) is 44.5 Å². The van der Waals surface area contributed by atoms with E-state index in [4.69, 9.17) is 5.73 Å². The van der Waals surface area contributed by atoms with Crippen LogP contribution in [0.2, 0.25) is 0 Å². The van der Waals surface area contributed by atoms with Gasteiger partial charge in [-0.1, -0.05) is 39.0 Å². The van der Waals surface area contributed by atoms with Gasteiger partial charge in [0.25, 0.3) is 0 Å². The van der Waals surface area contributed by atoms with Crippen molar-refractivity contribution < 1.29 is 8.78 Å². The number of nitrogens with one attached hydrogen (secondary N) is 1. The molecule has 1 heterocycles. The highest BCUT2D eigenvalue weighted by atomic mass is 127. The zero-order valence-electron chi connectivity index (χ0n) is 13.7. The van der Waals surface area contributed by atoms with Gasteiger partial charge in [-0.25, -0.2) is 4.98 Å². The minimum Gasteiger partial charge on any atom is -0.370 e. The maximum Gasteiger partial charge on any atom is 0.319 e. The minimum absolute atomic E-state index is 0. The van der Waals surface area contributed by atoms with Gasteiger partial charge in [0.2, 0.25) is 0 Å². The summed E-state index contributed by atoms with van der Waals surface area (Å²) in [6.07, 6.45) is 10.3. The molecule has 0 atom stereocenters. The van der Waals surface area contributed by atoms with E-state index >= 15 is 0 Å². The van der Waals surface area contributed by atoms with E-state index < -0.39 is 6.55 Å². The molecule has 0 saturated heterocycles. The molecular weight excluding hydrogens is 415 g/mol. The van der Waals surface area contributed by atoms with Crippen molar-refractivity contribution in [3.05, 3.63) is 18.2 Å². The van der Waals surface area contributed by atoms with Crippen LogP contribution in [-0.2, 0) is 6.42 Å². The lowest BCUT2D eigenvalue weighted by Crippen LogP contribution is -2.33. The van der Waals surface area contributed by atoms with Gasteiger partial charge < -0.3 is 11.1 Å². The quantitative estimate of drug-likeness (QED) is 0.237. The Balaban J connectivity index is 0.00000484. The van der Waals surface area contributed by atoms with E-state index in [1.54, 1.807) is 0 Å². The van der Waals surface area contributed by atoms with Crippen LogP contribution in [0, 0.1) is 0 Å². The molecule has 0 unspecified atom stereocenters. The second-order valence-electron chi connectivity index (χ2n) is 5.24. The summed E-state index contributed by atoms with van der Waals surface area (Å²) >= 11 is 0. The summed E-state index contributed by atoms with van der Waals surface area (Å²) in [6.45, 7) is 0.785. The summed E-state index contributed by atoms with van der Waals surface area (Å²) in [5, 5.41) is 2.93. The Labute approximate surface area is 154 Å². The highest BCUT2D eigenvalue weighted by Crippen LogP contribution is 2.12. The zero-order valence-corrected chi connectivity index (χ0v) is 16.0. The topological polar surface area (TPSA) is 68.2 Å². The molecule has 1 rings (SSSR count). The van der Waals surface area contributed by atoms with Crippen molar-refractivity contribution in [1.29, 1.82) is 0 Å². The maximum atomic E-state index is 12.6. The summed E-state index contributed by atoms with van der Waals surface area (Å²) < 4.78 is 26.1. The Bertz CT molecular complexity index is 437. The lowest BCUT2D eigenvalue weighted by molar-refractivity contribution is 0.0670. The minimum atomic E-state index is -2.56. The maximum absolute atomic E-state index is 12.6. The molecule has 0 saturated carbocycles. The number of guanidine groups is 1. The molecule has 0 aliphatic rings. The number of halogens is 3. The van der Waals surface area contributed by atoms with E-state index in [-0.39, 0.29) is 24.0 Å². The van der Waals surface area contributed by atoms with E-state index in [0.29, 0.717) is 31.3 Å². The van der Waals surface area contributed by atoms with Crippen LogP contribution >= 0.6 is 24.0 Å². The Morgan fingerprint density at radius 2 is 2.00 bits per heavy atom. The molecule has 0 aliphatic carbocycles. The molecule has 0 aliphatic heterocycles. The first-order chi connectivity index (χ1) is 10.6. The smallest absolute Gasteiger partial charge is 0.319 e. The number of hydrogen-bond donors (Lipinski definition) is 2. The molecule has 23 heavy (non-hydrogen) atoms. The van der Waals surface area contributed by atoms with Crippen LogP contribution in [0.15, 0.2) is 17.4 Å². The fourth-order valence-electron chi connectivity index (χ4n) is 2.17. The van der Waals surface area contributed by atoms with Crippen molar-refractivity contribution in [2.75, 3.05) is 13.1 Å². The first kappa shape index (κ1) is 22.1. The number of aromatic nitrogens is 2. The summed E-state index contributed by atoms with van der Waals surface area (Å²) in [5.74, 6) is 0.704. The number of hydrogen-bond acceptors (Lipinski definition) is 2. The molecule has 5 nitrogen and oxygen atoms in total. The third-order valence-corrected chi connectivity index (χ3v) is 3.41. The third-order valence-electron chi connectivity index (χ3n) is 3.41. The summed E-state index contributed by atoms with van der Waals surface area (Å²) in [4.78, 5) is 8.13. The van der Waals surface area contributed by atoms with Crippen LogP contribution in [0.1, 0.15) is 57.8 Å². The Hall–Kier alpha value is -0.930. The second-order valence-corrected chi connectivity index (χ2v) is 5.24. The first-order valence-electron chi connectivity index (χ1n) is 7.98. The fraction of sp³-hybridized carbons (Fsp3) is 0.733.